The Morgan fingerprint density at radius 1 is 1.33 bits per heavy atom. The smallest absolute Gasteiger partial charge is 0.128 e. The topological polar surface area (TPSA) is 18.5 Å². The van der Waals surface area contributed by atoms with E-state index in [1.54, 1.807) is 0 Å². The molecule has 1 aliphatic carbocycles. The van der Waals surface area contributed by atoms with Crippen molar-refractivity contribution >= 4 is 15.9 Å². The molecule has 1 aromatic carbocycles. The minimum absolute atomic E-state index is 0.0630. The molecule has 0 radical (unpaired) electrons. The molecule has 1 spiro atoms. The van der Waals surface area contributed by atoms with Gasteiger partial charge in [0.25, 0.3) is 0 Å². The fourth-order valence-electron chi connectivity index (χ4n) is 2.79. The largest absolute Gasteiger partial charge is 0.490 e. The van der Waals surface area contributed by atoms with Crippen molar-refractivity contribution in [3.05, 3.63) is 28.5 Å². The fourth-order valence-corrected chi connectivity index (χ4v) is 3.24. The van der Waals surface area contributed by atoms with Crippen molar-refractivity contribution in [1.29, 1.82) is 0 Å². The van der Waals surface area contributed by atoms with Crippen molar-refractivity contribution in [2.24, 2.45) is 0 Å². The highest BCUT2D eigenvalue weighted by Gasteiger charge is 2.43. The monoisotopic (exact) mass is 314 g/mol. The third-order valence-corrected chi connectivity index (χ3v) is 4.31. The molecule has 98 valence electrons. The van der Waals surface area contributed by atoms with Crippen LogP contribution in [0.3, 0.4) is 0 Å². The van der Waals surface area contributed by atoms with Gasteiger partial charge in [0, 0.05) is 23.4 Å². The summed E-state index contributed by atoms with van der Waals surface area (Å²) in [5.41, 5.74) is 0.0630. The van der Waals surface area contributed by atoms with Crippen LogP contribution in [0.25, 0.3) is 0 Å². The molecule has 1 saturated carbocycles. The highest BCUT2D eigenvalue weighted by atomic mass is 79.9. The van der Waals surface area contributed by atoms with Gasteiger partial charge in [0.05, 0.1) is 12.2 Å². The van der Waals surface area contributed by atoms with E-state index in [4.69, 9.17) is 9.47 Å². The van der Waals surface area contributed by atoms with Crippen molar-refractivity contribution in [2.75, 3.05) is 6.61 Å². The normalized spacial score (nSPS) is 25.8. The van der Waals surface area contributed by atoms with E-state index in [0.717, 1.165) is 32.3 Å². The van der Waals surface area contributed by atoms with Gasteiger partial charge in [-0.1, -0.05) is 15.9 Å². The Labute approximate surface area is 115 Å². The fraction of sp³-hybridized carbons (Fsp3) is 0.571. The average Bonchev–Trinajstić information content (AvgIpc) is 2.26. The lowest BCUT2D eigenvalue weighted by atomic mass is 9.74. The molecule has 0 N–H and O–H groups in total. The standard InChI is InChI=1S/C14H16BrFO2/c15-10-6-11(16)8-13(7-10)18-12-2-5-17-14(9-12)3-1-4-14/h6-8,12H,1-5,9H2. The molecular formula is C14H16BrFO2. The molecule has 2 fully saturated rings. The van der Waals surface area contributed by atoms with Gasteiger partial charge in [-0.05, 0) is 31.4 Å². The summed E-state index contributed by atoms with van der Waals surface area (Å²) in [5, 5.41) is 0. The average molecular weight is 315 g/mol. The van der Waals surface area contributed by atoms with Crippen molar-refractivity contribution in [1.82, 2.24) is 0 Å². The molecule has 1 aromatic rings. The molecule has 1 heterocycles. The lowest BCUT2D eigenvalue weighted by Crippen LogP contribution is -2.48. The third kappa shape index (κ3) is 2.54. The van der Waals surface area contributed by atoms with Crippen molar-refractivity contribution in [2.45, 2.75) is 43.8 Å². The Hall–Kier alpha value is -0.610. The van der Waals surface area contributed by atoms with E-state index in [9.17, 15) is 4.39 Å². The Bertz CT molecular complexity index is 425. The van der Waals surface area contributed by atoms with Crippen molar-refractivity contribution in [3.8, 4) is 5.75 Å². The maximum atomic E-state index is 13.3. The van der Waals surface area contributed by atoms with Crippen molar-refractivity contribution < 1.29 is 13.9 Å². The summed E-state index contributed by atoms with van der Waals surface area (Å²) in [6.07, 6.45) is 5.49. The van der Waals surface area contributed by atoms with Crippen molar-refractivity contribution in [3.63, 3.8) is 0 Å². The van der Waals surface area contributed by atoms with Crippen LogP contribution in [0.15, 0.2) is 22.7 Å². The van der Waals surface area contributed by atoms with Crippen LogP contribution in [0, 0.1) is 5.82 Å². The second-order valence-electron chi connectivity index (χ2n) is 5.22. The summed E-state index contributed by atoms with van der Waals surface area (Å²) in [6, 6.07) is 4.68. The number of rotatable bonds is 2. The van der Waals surface area contributed by atoms with Gasteiger partial charge in [-0.15, -0.1) is 0 Å². The van der Waals surface area contributed by atoms with Gasteiger partial charge in [0.2, 0.25) is 0 Å². The lowest BCUT2D eigenvalue weighted by molar-refractivity contribution is -0.153. The van der Waals surface area contributed by atoms with E-state index < -0.39 is 0 Å². The highest BCUT2D eigenvalue weighted by Crippen LogP contribution is 2.43. The zero-order chi connectivity index (χ0) is 12.6. The maximum absolute atomic E-state index is 13.3. The molecule has 3 rings (SSSR count). The maximum Gasteiger partial charge on any atom is 0.128 e. The first kappa shape index (κ1) is 12.4. The zero-order valence-electron chi connectivity index (χ0n) is 10.1. The first-order chi connectivity index (χ1) is 8.65. The summed E-state index contributed by atoms with van der Waals surface area (Å²) in [5.74, 6) is 0.327. The minimum atomic E-state index is -0.273. The number of hydrogen-bond donors (Lipinski definition) is 0. The molecule has 1 saturated heterocycles. The molecule has 18 heavy (non-hydrogen) atoms. The van der Waals surface area contributed by atoms with Crippen LogP contribution in [0.2, 0.25) is 0 Å². The van der Waals surface area contributed by atoms with Crippen LogP contribution < -0.4 is 4.74 Å². The first-order valence-corrected chi connectivity index (χ1v) is 7.21. The molecule has 2 aliphatic rings. The van der Waals surface area contributed by atoms with Gasteiger partial charge in [-0.25, -0.2) is 4.39 Å². The Morgan fingerprint density at radius 2 is 2.17 bits per heavy atom. The Kier molecular flexibility index (Phi) is 3.32. The van der Waals surface area contributed by atoms with E-state index in [0.29, 0.717) is 10.2 Å². The van der Waals surface area contributed by atoms with Gasteiger partial charge in [-0.3, -0.25) is 0 Å². The third-order valence-electron chi connectivity index (χ3n) is 3.85. The molecule has 2 nitrogen and oxygen atoms in total. The van der Waals surface area contributed by atoms with Crippen LogP contribution in [-0.2, 0) is 4.74 Å². The first-order valence-electron chi connectivity index (χ1n) is 6.42. The zero-order valence-corrected chi connectivity index (χ0v) is 11.7. The molecule has 0 aromatic heterocycles. The summed E-state index contributed by atoms with van der Waals surface area (Å²) < 4.78 is 25.7. The van der Waals surface area contributed by atoms with Gasteiger partial charge in [-0.2, -0.15) is 0 Å². The van der Waals surface area contributed by atoms with Crippen LogP contribution in [0.1, 0.15) is 32.1 Å². The van der Waals surface area contributed by atoms with E-state index in [1.807, 2.05) is 6.07 Å². The molecule has 0 amide bonds. The van der Waals surface area contributed by atoms with Gasteiger partial charge < -0.3 is 9.47 Å². The lowest BCUT2D eigenvalue weighted by Gasteiger charge is -2.46. The minimum Gasteiger partial charge on any atom is -0.490 e. The summed E-state index contributed by atoms with van der Waals surface area (Å²) in [6.45, 7) is 0.751. The van der Waals surface area contributed by atoms with Gasteiger partial charge in [0.15, 0.2) is 0 Å². The SMILES string of the molecule is Fc1cc(Br)cc(OC2CCOC3(CCC3)C2)c1. The van der Waals surface area contributed by atoms with E-state index in [-0.39, 0.29) is 17.5 Å². The van der Waals surface area contributed by atoms with Gasteiger partial charge in [0.1, 0.15) is 17.7 Å². The Morgan fingerprint density at radius 3 is 2.83 bits per heavy atom. The van der Waals surface area contributed by atoms with Crippen LogP contribution in [0.4, 0.5) is 4.39 Å². The molecule has 1 atom stereocenters. The van der Waals surface area contributed by atoms with Gasteiger partial charge >= 0.3 is 0 Å². The summed E-state index contributed by atoms with van der Waals surface area (Å²) in [7, 11) is 0. The second-order valence-corrected chi connectivity index (χ2v) is 6.14. The van der Waals surface area contributed by atoms with E-state index >= 15 is 0 Å². The number of halogens is 2. The molecule has 0 bridgehead atoms. The summed E-state index contributed by atoms with van der Waals surface area (Å²) >= 11 is 3.28. The molecule has 4 heteroatoms. The predicted molar refractivity (Wildman–Crippen MR) is 70.3 cm³/mol. The second kappa shape index (κ2) is 4.82. The molecule has 1 unspecified atom stereocenters. The van der Waals surface area contributed by atoms with Crippen LogP contribution >= 0.6 is 15.9 Å². The number of ether oxygens (including phenoxy) is 2. The van der Waals surface area contributed by atoms with E-state index in [1.165, 1.54) is 18.6 Å². The molecular weight excluding hydrogens is 299 g/mol. The van der Waals surface area contributed by atoms with Crippen LogP contribution in [-0.4, -0.2) is 18.3 Å². The quantitative estimate of drug-likeness (QED) is 0.819. The summed E-state index contributed by atoms with van der Waals surface area (Å²) in [4.78, 5) is 0. The van der Waals surface area contributed by atoms with E-state index in [2.05, 4.69) is 15.9 Å². The van der Waals surface area contributed by atoms with Crippen LogP contribution in [0.5, 0.6) is 5.75 Å². The predicted octanol–water partition coefficient (Wildman–Crippen LogP) is 4.07. The highest BCUT2D eigenvalue weighted by molar-refractivity contribution is 9.10. The molecule has 1 aliphatic heterocycles. The Balaban J connectivity index is 1.68. The number of hydrogen-bond acceptors (Lipinski definition) is 2. The number of benzene rings is 1.